The summed E-state index contributed by atoms with van der Waals surface area (Å²) in [4.78, 5) is 13.8. The summed E-state index contributed by atoms with van der Waals surface area (Å²) in [5.41, 5.74) is 2.03. The number of sulfonamides is 1. The highest BCUT2D eigenvalue weighted by Crippen LogP contribution is 2.18. The van der Waals surface area contributed by atoms with Crippen LogP contribution in [0.1, 0.15) is 22.8 Å². The van der Waals surface area contributed by atoms with Crippen molar-refractivity contribution in [3.05, 3.63) is 59.7 Å². The average molecular weight is 374 g/mol. The standard InChI is InChI=1S/C19H22N2O4S/c1-15(22)17-4-6-18(7-5-17)20-26(23,24)19-8-2-16(3-9-19)14-21-10-12-25-13-11-21/h2-9,20H,10-14H2,1H3. The minimum Gasteiger partial charge on any atom is -0.379 e. The lowest BCUT2D eigenvalue weighted by molar-refractivity contribution is 0.0342. The van der Waals surface area contributed by atoms with Crippen LogP contribution in [0.5, 0.6) is 0 Å². The smallest absolute Gasteiger partial charge is 0.261 e. The van der Waals surface area contributed by atoms with Crippen molar-refractivity contribution in [1.29, 1.82) is 0 Å². The fraction of sp³-hybridized carbons (Fsp3) is 0.316. The van der Waals surface area contributed by atoms with Gasteiger partial charge in [0.25, 0.3) is 10.0 Å². The van der Waals surface area contributed by atoms with E-state index in [1.165, 1.54) is 6.92 Å². The van der Waals surface area contributed by atoms with Crippen molar-refractivity contribution in [1.82, 2.24) is 4.90 Å². The molecular weight excluding hydrogens is 352 g/mol. The van der Waals surface area contributed by atoms with Crippen molar-refractivity contribution in [2.45, 2.75) is 18.4 Å². The first-order chi connectivity index (χ1) is 12.4. The van der Waals surface area contributed by atoms with E-state index < -0.39 is 10.0 Å². The molecule has 1 fully saturated rings. The van der Waals surface area contributed by atoms with Crippen LogP contribution in [0.15, 0.2) is 53.4 Å². The maximum absolute atomic E-state index is 12.5. The van der Waals surface area contributed by atoms with E-state index in [-0.39, 0.29) is 10.7 Å². The maximum Gasteiger partial charge on any atom is 0.261 e. The monoisotopic (exact) mass is 374 g/mol. The minimum atomic E-state index is -3.66. The van der Waals surface area contributed by atoms with Gasteiger partial charge in [-0.05, 0) is 48.9 Å². The third-order valence-electron chi connectivity index (χ3n) is 4.29. The van der Waals surface area contributed by atoms with Gasteiger partial charge in [-0.1, -0.05) is 12.1 Å². The van der Waals surface area contributed by atoms with Crippen molar-refractivity contribution in [3.63, 3.8) is 0 Å². The van der Waals surface area contributed by atoms with Gasteiger partial charge in [0.15, 0.2) is 5.78 Å². The topological polar surface area (TPSA) is 75.7 Å². The molecule has 0 bridgehead atoms. The van der Waals surface area contributed by atoms with Gasteiger partial charge in [0.05, 0.1) is 18.1 Å². The number of anilines is 1. The van der Waals surface area contributed by atoms with Crippen LogP contribution in [0.2, 0.25) is 0 Å². The molecule has 0 spiro atoms. The molecule has 0 radical (unpaired) electrons. The average Bonchev–Trinajstić information content (AvgIpc) is 2.63. The summed E-state index contributed by atoms with van der Waals surface area (Å²) in [5.74, 6) is -0.0599. The molecule has 1 aliphatic heterocycles. The van der Waals surface area contributed by atoms with Crippen LogP contribution in [-0.4, -0.2) is 45.4 Å². The maximum atomic E-state index is 12.5. The zero-order valence-corrected chi connectivity index (χ0v) is 15.5. The Morgan fingerprint density at radius 3 is 2.23 bits per heavy atom. The number of carbonyl (C=O) groups excluding carboxylic acids is 1. The second-order valence-corrected chi connectivity index (χ2v) is 7.95. The van der Waals surface area contributed by atoms with E-state index in [2.05, 4.69) is 9.62 Å². The van der Waals surface area contributed by atoms with Crippen molar-refractivity contribution >= 4 is 21.5 Å². The van der Waals surface area contributed by atoms with Crippen molar-refractivity contribution in [2.75, 3.05) is 31.0 Å². The molecule has 26 heavy (non-hydrogen) atoms. The van der Waals surface area contributed by atoms with Gasteiger partial charge in [-0.3, -0.25) is 14.4 Å². The number of hydrogen-bond acceptors (Lipinski definition) is 5. The third kappa shape index (κ3) is 4.69. The van der Waals surface area contributed by atoms with Gasteiger partial charge in [-0.25, -0.2) is 8.42 Å². The molecule has 0 saturated carbocycles. The first-order valence-corrected chi connectivity index (χ1v) is 9.95. The lowest BCUT2D eigenvalue weighted by Gasteiger charge is -2.26. The Balaban J connectivity index is 1.67. The number of Topliss-reactive ketones (excluding diaryl/α,β-unsaturated/α-hetero) is 1. The number of ether oxygens (including phenoxy) is 1. The number of carbonyl (C=O) groups is 1. The van der Waals surface area contributed by atoms with Gasteiger partial charge < -0.3 is 4.74 Å². The number of rotatable bonds is 6. The number of hydrogen-bond donors (Lipinski definition) is 1. The molecule has 138 valence electrons. The number of ketones is 1. The van der Waals surface area contributed by atoms with E-state index in [0.717, 1.165) is 38.4 Å². The SMILES string of the molecule is CC(=O)c1ccc(NS(=O)(=O)c2ccc(CN3CCOCC3)cc2)cc1. The van der Waals surface area contributed by atoms with E-state index in [1.54, 1.807) is 36.4 Å². The lowest BCUT2D eigenvalue weighted by atomic mass is 10.1. The molecule has 6 nitrogen and oxygen atoms in total. The lowest BCUT2D eigenvalue weighted by Crippen LogP contribution is -2.35. The molecule has 1 saturated heterocycles. The van der Waals surface area contributed by atoms with Gasteiger partial charge in [-0.2, -0.15) is 0 Å². The molecule has 0 atom stereocenters. The zero-order valence-electron chi connectivity index (χ0n) is 14.6. The van der Waals surface area contributed by atoms with Gasteiger partial charge in [0.1, 0.15) is 0 Å². The Bertz CT molecular complexity index is 855. The molecule has 7 heteroatoms. The van der Waals surface area contributed by atoms with Crippen molar-refractivity contribution in [3.8, 4) is 0 Å². The fourth-order valence-corrected chi connectivity index (χ4v) is 3.84. The van der Waals surface area contributed by atoms with E-state index >= 15 is 0 Å². The number of nitrogens with one attached hydrogen (secondary N) is 1. The van der Waals surface area contributed by atoms with Crippen molar-refractivity contribution in [2.24, 2.45) is 0 Å². The number of morpholine rings is 1. The Labute approximate surface area is 153 Å². The van der Waals surface area contributed by atoms with Crippen LogP contribution in [-0.2, 0) is 21.3 Å². The van der Waals surface area contributed by atoms with Crippen molar-refractivity contribution < 1.29 is 17.9 Å². The Morgan fingerprint density at radius 1 is 1.04 bits per heavy atom. The Hall–Kier alpha value is -2.22. The number of nitrogens with zero attached hydrogens (tertiary/aromatic N) is 1. The van der Waals surface area contributed by atoms with E-state index in [1.807, 2.05) is 12.1 Å². The van der Waals surface area contributed by atoms with Crippen LogP contribution in [0.25, 0.3) is 0 Å². The molecule has 0 amide bonds. The van der Waals surface area contributed by atoms with Crippen LogP contribution >= 0.6 is 0 Å². The summed E-state index contributed by atoms with van der Waals surface area (Å²) in [5, 5.41) is 0. The van der Waals surface area contributed by atoms with Gasteiger partial charge >= 0.3 is 0 Å². The largest absolute Gasteiger partial charge is 0.379 e. The molecular formula is C19H22N2O4S. The van der Waals surface area contributed by atoms with Gasteiger partial charge in [0, 0.05) is 30.9 Å². The highest BCUT2D eigenvalue weighted by molar-refractivity contribution is 7.92. The van der Waals surface area contributed by atoms with E-state index in [0.29, 0.717) is 11.3 Å². The first kappa shape index (κ1) is 18.6. The molecule has 1 heterocycles. The summed E-state index contributed by atoms with van der Waals surface area (Å²) in [6.07, 6.45) is 0. The zero-order chi connectivity index (χ0) is 18.6. The fourth-order valence-electron chi connectivity index (χ4n) is 2.78. The highest BCUT2D eigenvalue weighted by Gasteiger charge is 2.15. The van der Waals surface area contributed by atoms with Crippen LogP contribution in [0.3, 0.4) is 0 Å². The van der Waals surface area contributed by atoms with Crippen LogP contribution < -0.4 is 4.72 Å². The molecule has 0 unspecified atom stereocenters. The third-order valence-corrected chi connectivity index (χ3v) is 5.68. The Morgan fingerprint density at radius 2 is 1.65 bits per heavy atom. The highest BCUT2D eigenvalue weighted by atomic mass is 32.2. The summed E-state index contributed by atoms with van der Waals surface area (Å²) < 4.78 is 32.9. The van der Waals surface area contributed by atoms with Crippen LogP contribution in [0.4, 0.5) is 5.69 Å². The molecule has 1 N–H and O–H groups in total. The molecule has 0 aromatic heterocycles. The Kier molecular flexibility index (Phi) is 5.70. The van der Waals surface area contributed by atoms with Crippen LogP contribution in [0, 0.1) is 0 Å². The quantitative estimate of drug-likeness (QED) is 0.787. The van der Waals surface area contributed by atoms with Gasteiger partial charge in [0.2, 0.25) is 0 Å². The van der Waals surface area contributed by atoms with E-state index in [9.17, 15) is 13.2 Å². The first-order valence-electron chi connectivity index (χ1n) is 8.47. The predicted octanol–water partition coefficient (Wildman–Crippen LogP) is 2.52. The second kappa shape index (κ2) is 7.99. The predicted molar refractivity (Wildman–Crippen MR) is 99.8 cm³/mol. The summed E-state index contributed by atoms with van der Waals surface area (Å²) in [7, 11) is -3.66. The molecule has 2 aromatic rings. The summed E-state index contributed by atoms with van der Waals surface area (Å²) in [6, 6.07) is 13.3. The molecule has 0 aliphatic carbocycles. The summed E-state index contributed by atoms with van der Waals surface area (Å²) >= 11 is 0. The summed E-state index contributed by atoms with van der Waals surface area (Å²) in [6.45, 7) is 5.49. The minimum absolute atomic E-state index is 0.0599. The van der Waals surface area contributed by atoms with E-state index in [4.69, 9.17) is 4.74 Å². The molecule has 1 aliphatic rings. The second-order valence-electron chi connectivity index (χ2n) is 6.27. The van der Waals surface area contributed by atoms with Gasteiger partial charge in [-0.15, -0.1) is 0 Å². The number of benzene rings is 2. The molecule has 3 rings (SSSR count). The normalized spacial score (nSPS) is 15.6. The molecule has 2 aromatic carbocycles.